The van der Waals surface area contributed by atoms with Crippen molar-refractivity contribution in [2.75, 3.05) is 0 Å². The van der Waals surface area contributed by atoms with Gasteiger partial charge in [-0.1, -0.05) is 0 Å². The molecular weight excluding hydrogens is 675 g/mol. The molecule has 12 N–H and O–H groups in total. The van der Waals surface area contributed by atoms with Gasteiger partial charge < -0.3 is 18.5 Å². The minimum atomic E-state index is -5.05. The van der Waals surface area contributed by atoms with Crippen molar-refractivity contribution < 1.29 is 29.0 Å². The SMILES string of the molecule is N.N.N.O=[Te](=O)(O)Cl.O=[Te](=O)(O)Cl.O=[Te](=O)(O)Cl. The van der Waals surface area contributed by atoms with E-state index in [2.05, 4.69) is 26.9 Å². The van der Waals surface area contributed by atoms with Gasteiger partial charge in [0.2, 0.25) is 0 Å². The second kappa shape index (κ2) is 15.2. The van der Waals surface area contributed by atoms with Crippen molar-refractivity contribution in [1.29, 1.82) is 0 Å². The Morgan fingerprint density at radius 3 is 0.500 bits per heavy atom. The van der Waals surface area contributed by atoms with Crippen LogP contribution in [0, 0.1) is 0 Å². The molecule has 0 aliphatic heterocycles. The Morgan fingerprint density at radius 1 is 0.500 bits per heavy atom. The molecule has 18 heavy (non-hydrogen) atoms. The van der Waals surface area contributed by atoms with Gasteiger partial charge in [0, 0.05) is 0 Å². The van der Waals surface area contributed by atoms with Crippen molar-refractivity contribution in [3.8, 4) is 0 Å². The van der Waals surface area contributed by atoms with Crippen LogP contribution in [0.3, 0.4) is 0 Å². The van der Waals surface area contributed by atoms with Crippen LogP contribution in [0.2, 0.25) is 0 Å². The quantitative estimate of drug-likeness (QED) is 0.168. The van der Waals surface area contributed by atoms with Gasteiger partial charge in [-0.05, 0) is 0 Å². The van der Waals surface area contributed by atoms with Crippen LogP contribution >= 0.6 is 26.9 Å². The number of hydrogen-bond donors (Lipinski definition) is 6. The Hall–Kier alpha value is 1.80. The van der Waals surface area contributed by atoms with Gasteiger partial charge in [-0.25, -0.2) is 0 Å². The van der Waals surface area contributed by atoms with Crippen molar-refractivity contribution in [2.24, 2.45) is 0 Å². The first-order chi connectivity index (χ1) is 6.00. The fraction of sp³-hybridized carbons (Fsp3) is 0. The predicted octanol–water partition coefficient (Wildman–Crippen LogP) is -0.972. The van der Waals surface area contributed by atoms with E-state index in [0.29, 0.717) is 0 Å². The molecule has 0 fully saturated rings. The topological polar surface area (TPSA) is 268 Å². The first kappa shape index (κ1) is 36.7. The van der Waals surface area contributed by atoms with Gasteiger partial charge in [0.1, 0.15) is 0 Å². The first-order valence-corrected chi connectivity index (χ1v) is 19.7. The average Bonchev–Trinajstić information content (AvgIpc) is 1.41. The zero-order chi connectivity index (χ0) is 13.5. The van der Waals surface area contributed by atoms with E-state index in [0.717, 1.165) is 0 Å². The molecule has 0 heterocycles. The summed E-state index contributed by atoms with van der Waals surface area (Å²) in [5.41, 5.74) is 0. The molecule has 0 aliphatic carbocycles. The molecule has 0 saturated heterocycles. The molecule has 18 heteroatoms. The van der Waals surface area contributed by atoms with Crippen molar-refractivity contribution in [2.45, 2.75) is 0 Å². The van der Waals surface area contributed by atoms with Gasteiger partial charge in [0.15, 0.2) is 0 Å². The minimum absolute atomic E-state index is 0. The van der Waals surface area contributed by atoms with Crippen molar-refractivity contribution in [3.05, 3.63) is 0 Å². The summed E-state index contributed by atoms with van der Waals surface area (Å²) in [4.78, 5) is 0. The molecule has 0 atom stereocenters. The molecule has 0 spiro atoms. The number of hydrogen-bond acceptors (Lipinski definition) is 9. The number of rotatable bonds is 0. The molecule has 0 unspecified atom stereocenters. The molecule has 0 amide bonds. The third-order valence-electron chi connectivity index (χ3n) is 0. The van der Waals surface area contributed by atoms with Crippen molar-refractivity contribution in [3.63, 3.8) is 0 Å². The molecular formula is H12Cl3N3O9Te3. The Kier molecular flexibility index (Phi) is 31.0. The summed E-state index contributed by atoms with van der Waals surface area (Å²) in [5.74, 6) is 0. The van der Waals surface area contributed by atoms with Gasteiger partial charge >= 0.3 is 108 Å². The van der Waals surface area contributed by atoms with Crippen LogP contribution in [0.25, 0.3) is 0 Å². The van der Waals surface area contributed by atoms with E-state index < -0.39 is 52.3 Å². The van der Waals surface area contributed by atoms with Crippen LogP contribution < -0.4 is 18.5 Å². The molecule has 12 nitrogen and oxygen atoms in total. The van der Waals surface area contributed by atoms with Gasteiger partial charge in [-0.15, -0.1) is 0 Å². The second-order valence-electron chi connectivity index (χ2n) is 1.24. The van der Waals surface area contributed by atoms with Gasteiger partial charge in [-0.3, -0.25) is 0 Å². The zero-order valence-electron chi connectivity index (χ0n) is 8.27. The van der Waals surface area contributed by atoms with Gasteiger partial charge in [-0.2, -0.15) is 0 Å². The van der Waals surface area contributed by atoms with E-state index in [1.165, 1.54) is 0 Å². The molecule has 0 saturated carbocycles. The third-order valence-corrected chi connectivity index (χ3v) is 0. The van der Waals surface area contributed by atoms with Crippen molar-refractivity contribution in [1.82, 2.24) is 18.5 Å². The molecule has 0 radical (unpaired) electrons. The van der Waals surface area contributed by atoms with Crippen LogP contribution in [0.4, 0.5) is 0 Å². The van der Waals surface area contributed by atoms with Crippen LogP contribution in [-0.4, -0.2) is 62.7 Å². The summed E-state index contributed by atoms with van der Waals surface area (Å²) in [6.45, 7) is 0. The Bertz CT molecular complexity index is 353. The molecule has 120 valence electrons. The summed E-state index contributed by atoms with van der Waals surface area (Å²) in [6, 6.07) is 0. The van der Waals surface area contributed by atoms with Crippen LogP contribution in [0.15, 0.2) is 0 Å². The van der Waals surface area contributed by atoms with Crippen LogP contribution in [-0.2, 0) is 18.6 Å². The average molecular weight is 687 g/mol. The molecule has 0 aliphatic rings. The van der Waals surface area contributed by atoms with Crippen molar-refractivity contribution >= 4 is 79.2 Å². The Labute approximate surface area is 125 Å². The first-order valence-electron chi connectivity index (χ1n) is 2.01. The van der Waals surface area contributed by atoms with Gasteiger partial charge in [0.25, 0.3) is 0 Å². The summed E-state index contributed by atoms with van der Waals surface area (Å²) in [7, 11) is 12.5. The second-order valence-corrected chi connectivity index (χ2v) is 16.1. The molecule has 0 aromatic heterocycles. The monoisotopic (exact) mass is 693 g/mol. The summed E-state index contributed by atoms with van der Waals surface area (Å²) in [5, 5.41) is 0. The standard InChI is InChI=1S/3ClHO3Te.3H3N/c3*1-5(2,3)4;;;/h3*(H,2,3,4);3*1H3. The molecule has 0 aromatic carbocycles. The van der Waals surface area contributed by atoms with E-state index in [4.69, 9.17) is 29.0 Å². The van der Waals surface area contributed by atoms with Crippen LogP contribution in [0.5, 0.6) is 0 Å². The molecule has 0 bridgehead atoms. The Balaban J connectivity index is -0.0000000277. The molecule has 0 aromatic rings. The van der Waals surface area contributed by atoms with E-state index >= 15 is 0 Å². The Morgan fingerprint density at radius 2 is 0.500 bits per heavy atom. The maximum absolute atomic E-state index is 9.06. The normalized spacial score (nSPS) is 9.67. The van der Waals surface area contributed by atoms with Crippen LogP contribution in [0.1, 0.15) is 0 Å². The van der Waals surface area contributed by atoms with E-state index in [1.807, 2.05) is 0 Å². The predicted molar refractivity (Wildman–Crippen MR) is 60.7 cm³/mol. The fourth-order valence-electron chi connectivity index (χ4n) is 0. The summed E-state index contributed by atoms with van der Waals surface area (Å²) >= 11 is -15.1. The number of halogens is 3. The van der Waals surface area contributed by atoms with E-state index in [9.17, 15) is 0 Å². The molecule has 0 rings (SSSR count). The van der Waals surface area contributed by atoms with Gasteiger partial charge in [0.05, 0.1) is 0 Å². The summed E-state index contributed by atoms with van der Waals surface area (Å²) in [6.07, 6.45) is 0. The summed E-state index contributed by atoms with van der Waals surface area (Å²) < 4.78 is 76.5. The zero-order valence-corrected chi connectivity index (χ0v) is 17.5. The maximum atomic E-state index is 9.06. The van der Waals surface area contributed by atoms with E-state index in [1.54, 1.807) is 0 Å². The van der Waals surface area contributed by atoms with E-state index in [-0.39, 0.29) is 18.5 Å². The third kappa shape index (κ3) is 1550. The fourth-order valence-corrected chi connectivity index (χ4v) is 0.